The van der Waals surface area contributed by atoms with Gasteiger partial charge in [-0.2, -0.15) is 0 Å². The van der Waals surface area contributed by atoms with Crippen molar-refractivity contribution in [1.29, 1.82) is 0 Å². The van der Waals surface area contributed by atoms with Gasteiger partial charge in [-0.3, -0.25) is 0 Å². The Hall–Kier alpha value is -1.91. The van der Waals surface area contributed by atoms with Crippen molar-refractivity contribution in [1.82, 2.24) is 4.98 Å². The number of furan rings is 1. The van der Waals surface area contributed by atoms with Crippen LogP contribution in [0.3, 0.4) is 0 Å². The molecule has 4 heteroatoms. The van der Waals surface area contributed by atoms with Crippen LogP contribution in [0.2, 0.25) is 0 Å². The number of aliphatic hydroxyl groups is 1. The molecule has 1 unspecified atom stereocenters. The first kappa shape index (κ1) is 14.0. The molecule has 0 saturated heterocycles. The standard InChI is InChI=1S/C17H17NO2S/c19-14(8-9-15-7-4-10-20-15)11-17-18-16(12-21-17)13-5-2-1-3-6-13/h1-7,10,12,14,19H,8-9,11H2. The highest BCUT2D eigenvalue weighted by atomic mass is 32.1. The van der Waals surface area contributed by atoms with Crippen LogP contribution in [-0.4, -0.2) is 16.2 Å². The number of benzene rings is 1. The zero-order valence-corrected chi connectivity index (χ0v) is 12.4. The Kier molecular flexibility index (Phi) is 4.48. The van der Waals surface area contributed by atoms with Gasteiger partial charge in [0.05, 0.1) is 23.1 Å². The van der Waals surface area contributed by atoms with Gasteiger partial charge in [0.2, 0.25) is 0 Å². The summed E-state index contributed by atoms with van der Waals surface area (Å²) in [5, 5.41) is 13.1. The average molecular weight is 299 g/mol. The summed E-state index contributed by atoms with van der Waals surface area (Å²) in [5.41, 5.74) is 2.10. The third-order valence-electron chi connectivity index (χ3n) is 3.34. The molecule has 2 aromatic heterocycles. The SMILES string of the molecule is OC(CCc1ccco1)Cc1nc(-c2ccccc2)cs1. The van der Waals surface area contributed by atoms with Crippen molar-refractivity contribution in [2.75, 3.05) is 0 Å². The van der Waals surface area contributed by atoms with E-state index in [9.17, 15) is 5.11 Å². The van der Waals surface area contributed by atoms with E-state index in [0.717, 1.165) is 28.4 Å². The van der Waals surface area contributed by atoms with E-state index in [4.69, 9.17) is 4.42 Å². The van der Waals surface area contributed by atoms with Crippen LogP contribution in [0.1, 0.15) is 17.2 Å². The van der Waals surface area contributed by atoms with Crippen molar-refractivity contribution in [2.45, 2.75) is 25.4 Å². The number of hydrogen-bond acceptors (Lipinski definition) is 4. The Morgan fingerprint density at radius 1 is 1.14 bits per heavy atom. The van der Waals surface area contributed by atoms with Gasteiger partial charge >= 0.3 is 0 Å². The molecule has 1 N–H and O–H groups in total. The van der Waals surface area contributed by atoms with Crippen LogP contribution >= 0.6 is 11.3 Å². The van der Waals surface area contributed by atoms with Crippen LogP contribution in [0, 0.1) is 0 Å². The molecule has 0 fully saturated rings. The summed E-state index contributed by atoms with van der Waals surface area (Å²) < 4.78 is 5.27. The van der Waals surface area contributed by atoms with E-state index < -0.39 is 0 Å². The number of thiazole rings is 1. The van der Waals surface area contributed by atoms with Gasteiger partial charge in [0.15, 0.2) is 0 Å². The van der Waals surface area contributed by atoms with Crippen LogP contribution in [0.5, 0.6) is 0 Å². The van der Waals surface area contributed by atoms with Gasteiger partial charge in [0, 0.05) is 23.8 Å². The topological polar surface area (TPSA) is 46.3 Å². The van der Waals surface area contributed by atoms with Crippen LogP contribution < -0.4 is 0 Å². The van der Waals surface area contributed by atoms with Crippen LogP contribution in [-0.2, 0) is 12.8 Å². The Bertz CT molecular complexity index is 661. The highest BCUT2D eigenvalue weighted by Gasteiger charge is 2.11. The smallest absolute Gasteiger partial charge is 0.103 e. The van der Waals surface area contributed by atoms with Gasteiger partial charge in [-0.15, -0.1) is 11.3 Å². The normalized spacial score (nSPS) is 12.4. The van der Waals surface area contributed by atoms with E-state index in [0.29, 0.717) is 12.8 Å². The molecule has 3 rings (SSSR count). The first-order chi connectivity index (χ1) is 10.3. The van der Waals surface area contributed by atoms with Crippen molar-refractivity contribution in [3.63, 3.8) is 0 Å². The molecule has 0 aliphatic rings. The monoisotopic (exact) mass is 299 g/mol. The van der Waals surface area contributed by atoms with Crippen molar-refractivity contribution >= 4 is 11.3 Å². The fourth-order valence-corrected chi connectivity index (χ4v) is 3.09. The molecule has 1 aromatic carbocycles. The molecule has 108 valence electrons. The van der Waals surface area contributed by atoms with Crippen molar-refractivity contribution < 1.29 is 9.52 Å². The van der Waals surface area contributed by atoms with Crippen LogP contribution in [0.25, 0.3) is 11.3 Å². The van der Waals surface area contributed by atoms with Crippen molar-refractivity contribution in [3.8, 4) is 11.3 Å². The van der Waals surface area contributed by atoms with E-state index in [-0.39, 0.29) is 6.10 Å². The van der Waals surface area contributed by atoms with Gasteiger partial charge in [0.25, 0.3) is 0 Å². The largest absolute Gasteiger partial charge is 0.469 e. The summed E-state index contributed by atoms with van der Waals surface area (Å²) in [4.78, 5) is 4.60. The Morgan fingerprint density at radius 3 is 2.76 bits per heavy atom. The lowest BCUT2D eigenvalue weighted by atomic mass is 10.1. The molecule has 3 nitrogen and oxygen atoms in total. The minimum absolute atomic E-state index is 0.384. The molecule has 0 aliphatic carbocycles. The van der Waals surface area contributed by atoms with Crippen LogP contribution in [0.4, 0.5) is 0 Å². The average Bonchev–Trinajstić information content (AvgIpc) is 3.17. The summed E-state index contributed by atoms with van der Waals surface area (Å²) in [5.74, 6) is 0.915. The third kappa shape index (κ3) is 3.80. The van der Waals surface area contributed by atoms with Gasteiger partial charge in [-0.25, -0.2) is 4.98 Å². The maximum Gasteiger partial charge on any atom is 0.103 e. The van der Waals surface area contributed by atoms with E-state index in [1.54, 1.807) is 17.6 Å². The van der Waals surface area contributed by atoms with E-state index in [1.165, 1.54) is 0 Å². The molecule has 0 amide bonds. The molecule has 3 aromatic rings. The molecular weight excluding hydrogens is 282 g/mol. The summed E-state index contributed by atoms with van der Waals surface area (Å²) in [6, 6.07) is 13.9. The van der Waals surface area contributed by atoms with Crippen LogP contribution in [0.15, 0.2) is 58.5 Å². The second kappa shape index (κ2) is 6.70. The molecular formula is C17H17NO2S. The lowest BCUT2D eigenvalue weighted by Gasteiger charge is -2.07. The first-order valence-corrected chi connectivity index (χ1v) is 7.89. The maximum atomic E-state index is 10.1. The summed E-state index contributed by atoms with van der Waals surface area (Å²) in [7, 11) is 0. The van der Waals surface area contributed by atoms with E-state index in [2.05, 4.69) is 4.98 Å². The van der Waals surface area contributed by atoms with Gasteiger partial charge in [-0.1, -0.05) is 30.3 Å². The number of nitrogens with zero attached hydrogens (tertiary/aromatic N) is 1. The number of aryl methyl sites for hydroxylation is 1. The van der Waals surface area contributed by atoms with Gasteiger partial charge in [-0.05, 0) is 18.6 Å². The molecule has 21 heavy (non-hydrogen) atoms. The zero-order valence-electron chi connectivity index (χ0n) is 11.6. The minimum atomic E-state index is -0.384. The molecule has 0 aliphatic heterocycles. The molecule has 0 bridgehead atoms. The predicted molar refractivity (Wildman–Crippen MR) is 84.3 cm³/mol. The van der Waals surface area contributed by atoms with Crippen molar-refractivity contribution in [3.05, 3.63) is 64.9 Å². The highest BCUT2D eigenvalue weighted by molar-refractivity contribution is 7.09. The molecule has 0 spiro atoms. The van der Waals surface area contributed by atoms with Gasteiger partial charge < -0.3 is 9.52 Å². The Labute approximate surface area is 127 Å². The van der Waals surface area contributed by atoms with E-state index >= 15 is 0 Å². The fourth-order valence-electron chi connectivity index (χ4n) is 2.21. The molecule has 0 radical (unpaired) electrons. The number of hydrogen-bond donors (Lipinski definition) is 1. The second-order valence-electron chi connectivity index (χ2n) is 4.97. The zero-order chi connectivity index (χ0) is 14.5. The first-order valence-electron chi connectivity index (χ1n) is 7.01. The summed E-state index contributed by atoms with van der Waals surface area (Å²) in [6.45, 7) is 0. The van der Waals surface area contributed by atoms with E-state index in [1.807, 2.05) is 47.8 Å². The minimum Gasteiger partial charge on any atom is -0.469 e. The number of aromatic nitrogens is 1. The lowest BCUT2D eigenvalue weighted by molar-refractivity contribution is 0.163. The predicted octanol–water partition coefficient (Wildman–Crippen LogP) is 3.94. The lowest BCUT2D eigenvalue weighted by Crippen LogP contribution is -2.11. The molecule has 0 saturated carbocycles. The number of aliphatic hydroxyl groups excluding tert-OH is 1. The third-order valence-corrected chi connectivity index (χ3v) is 4.21. The van der Waals surface area contributed by atoms with Crippen molar-refractivity contribution in [2.24, 2.45) is 0 Å². The fraction of sp³-hybridized carbons (Fsp3) is 0.235. The Morgan fingerprint density at radius 2 is 2.00 bits per heavy atom. The number of rotatable bonds is 6. The molecule has 2 heterocycles. The Balaban J connectivity index is 1.57. The maximum absolute atomic E-state index is 10.1. The summed E-state index contributed by atoms with van der Waals surface area (Å²) in [6.07, 6.45) is 3.32. The quantitative estimate of drug-likeness (QED) is 0.750. The van der Waals surface area contributed by atoms with Gasteiger partial charge in [0.1, 0.15) is 5.76 Å². The summed E-state index contributed by atoms with van der Waals surface area (Å²) >= 11 is 1.60. The highest BCUT2D eigenvalue weighted by Crippen LogP contribution is 2.22. The molecule has 1 atom stereocenters. The second-order valence-corrected chi connectivity index (χ2v) is 5.91.